The molecule has 0 aliphatic rings. The second-order valence-corrected chi connectivity index (χ2v) is 4.33. The van der Waals surface area contributed by atoms with Crippen LogP contribution in [-0.2, 0) is 20.7 Å². The van der Waals surface area contributed by atoms with Gasteiger partial charge in [-0.1, -0.05) is 30.3 Å². The molecule has 0 spiro atoms. The molecule has 1 aromatic carbocycles. The number of hydrogen-bond acceptors (Lipinski definition) is 4. The van der Waals surface area contributed by atoms with Gasteiger partial charge >= 0.3 is 5.97 Å². The third-order valence-electron chi connectivity index (χ3n) is 2.61. The molecule has 1 unspecified atom stereocenters. The molecule has 1 aromatic rings. The van der Waals surface area contributed by atoms with Gasteiger partial charge in [-0.15, -0.1) is 0 Å². The Morgan fingerprint density at radius 2 is 2.00 bits per heavy atom. The molecule has 0 aliphatic carbocycles. The van der Waals surface area contributed by atoms with E-state index in [9.17, 15) is 4.79 Å². The van der Waals surface area contributed by atoms with E-state index in [0.717, 1.165) is 6.42 Å². The van der Waals surface area contributed by atoms with Gasteiger partial charge in [0.15, 0.2) is 0 Å². The van der Waals surface area contributed by atoms with Crippen LogP contribution >= 0.6 is 0 Å². The second kappa shape index (κ2) is 7.84. The summed E-state index contributed by atoms with van der Waals surface area (Å²) in [4.78, 5) is 11.6. The van der Waals surface area contributed by atoms with Crippen molar-refractivity contribution < 1.29 is 14.3 Å². The van der Waals surface area contributed by atoms with Gasteiger partial charge in [0.2, 0.25) is 0 Å². The van der Waals surface area contributed by atoms with E-state index in [1.807, 2.05) is 30.3 Å². The number of benzene rings is 1. The topological polar surface area (TPSA) is 61.5 Å². The number of methoxy groups -OCH3 is 1. The summed E-state index contributed by atoms with van der Waals surface area (Å²) in [5, 5.41) is 0. The summed E-state index contributed by atoms with van der Waals surface area (Å²) in [6.45, 7) is 2.17. The summed E-state index contributed by atoms with van der Waals surface area (Å²) < 4.78 is 10.0. The first-order valence-corrected chi connectivity index (χ1v) is 6.12. The molecular formula is C14H21NO3. The first kappa shape index (κ1) is 14.7. The summed E-state index contributed by atoms with van der Waals surface area (Å²) >= 11 is 0. The van der Waals surface area contributed by atoms with Crippen LogP contribution in [0.5, 0.6) is 0 Å². The number of carbonyl (C=O) groups excluding carboxylic acids is 1. The number of rotatable bonds is 7. The zero-order valence-electron chi connectivity index (χ0n) is 11.0. The first-order valence-electron chi connectivity index (χ1n) is 6.12. The Kier molecular flexibility index (Phi) is 6.39. The Balaban J connectivity index is 2.32. The van der Waals surface area contributed by atoms with E-state index in [-0.39, 0.29) is 12.1 Å². The summed E-state index contributed by atoms with van der Waals surface area (Å²) in [6, 6.07) is 9.37. The minimum atomic E-state index is -0.579. The minimum absolute atomic E-state index is 0.259. The van der Waals surface area contributed by atoms with E-state index in [0.29, 0.717) is 13.0 Å². The highest BCUT2D eigenvalue weighted by Crippen LogP contribution is 2.05. The smallest absolute Gasteiger partial charge is 0.323 e. The number of carbonyl (C=O) groups is 1. The molecule has 0 aromatic heterocycles. The van der Waals surface area contributed by atoms with E-state index >= 15 is 0 Å². The molecular weight excluding hydrogens is 230 g/mol. The molecule has 0 heterocycles. The van der Waals surface area contributed by atoms with Gasteiger partial charge in [0.05, 0.1) is 6.61 Å². The highest BCUT2D eigenvalue weighted by Gasteiger charge is 2.17. The summed E-state index contributed by atoms with van der Waals surface area (Å²) in [5.41, 5.74) is 6.97. The number of ether oxygens (including phenoxy) is 2. The van der Waals surface area contributed by atoms with Crippen molar-refractivity contribution in [3.05, 3.63) is 35.9 Å². The highest BCUT2D eigenvalue weighted by atomic mass is 16.6. The predicted octanol–water partition coefficient (Wildman–Crippen LogP) is 1.52. The van der Waals surface area contributed by atoms with Gasteiger partial charge in [-0.3, -0.25) is 4.79 Å². The fourth-order valence-corrected chi connectivity index (χ4v) is 1.64. The molecule has 0 bridgehead atoms. The molecule has 0 radical (unpaired) electrons. The molecule has 18 heavy (non-hydrogen) atoms. The molecule has 100 valence electrons. The third kappa shape index (κ3) is 5.29. The predicted molar refractivity (Wildman–Crippen MR) is 70.2 cm³/mol. The molecule has 0 amide bonds. The maximum atomic E-state index is 11.6. The first-order chi connectivity index (χ1) is 8.63. The largest absolute Gasteiger partial charge is 0.459 e. The van der Waals surface area contributed by atoms with Gasteiger partial charge in [-0.05, 0) is 25.3 Å². The van der Waals surface area contributed by atoms with Crippen molar-refractivity contribution in [1.29, 1.82) is 0 Å². The number of nitrogens with two attached hydrogens (primary N) is 1. The Bertz CT molecular complexity index is 353. The molecule has 2 N–H and O–H groups in total. The van der Waals surface area contributed by atoms with Crippen LogP contribution in [0.15, 0.2) is 30.3 Å². The third-order valence-corrected chi connectivity index (χ3v) is 2.61. The second-order valence-electron chi connectivity index (χ2n) is 4.33. The van der Waals surface area contributed by atoms with Crippen LogP contribution in [0.4, 0.5) is 0 Å². The molecule has 1 rings (SSSR count). The standard InChI is InChI=1S/C14H21NO3/c1-11(10-17-2)18-14(16)13(15)9-8-12-6-4-3-5-7-12/h3-7,11,13H,8-10,15H2,1-2H3/t11?,13-/m0/s1. The van der Waals surface area contributed by atoms with Crippen molar-refractivity contribution in [3.8, 4) is 0 Å². The van der Waals surface area contributed by atoms with Gasteiger partial charge in [-0.2, -0.15) is 0 Å². The van der Waals surface area contributed by atoms with Gasteiger partial charge in [0.25, 0.3) is 0 Å². The number of esters is 1. The van der Waals surface area contributed by atoms with Crippen molar-refractivity contribution in [2.75, 3.05) is 13.7 Å². The van der Waals surface area contributed by atoms with Crippen molar-refractivity contribution in [1.82, 2.24) is 0 Å². The highest BCUT2D eigenvalue weighted by molar-refractivity contribution is 5.75. The van der Waals surface area contributed by atoms with Crippen molar-refractivity contribution in [2.24, 2.45) is 5.73 Å². The molecule has 0 fully saturated rings. The van der Waals surface area contributed by atoms with E-state index in [1.165, 1.54) is 5.56 Å². The SMILES string of the molecule is COCC(C)OC(=O)[C@@H](N)CCc1ccccc1. The fraction of sp³-hybridized carbons (Fsp3) is 0.500. The molecule has 0 saturated heterocycles. The lowest BCUT2D eigenvalue weighted by molar-refractivity contribution is -0.152. The fourth-order valence-electron chi connectivity index (χ4n) is 1.64. The summed E-state index contributed by atoms with van der Waals surface area (Å²) in [6.07, 6.45) is 1.10. The van der Waals surface area contributed by atoms with E-state index in [4.69, 9.17) is 15.2 Å². The summed E-state index contributed by atoms with van der Waals surface area (Å²) in [5.74, 6) is -0.365. The zero-order chi connectivity index (χ0) is 13.4. The lowest BCUT2D eigenvalue weighted by Gasteiger charge is -2.16. The van der Waals surface area contributed by atoms with Crippen LogP contribution in [0, 0.1) is 0 Å². The van der Waals surface area contributed by atoms with E-state index in [1.54, 1.807) is 14.0 Å². The summed E-state index contributed by atoms with van der Waals surface area (Å²) in [7, 11) is 1.57. The average molecular weight is 251 g/mol. The quantitative estimate of drug-likeness (QED) is 0.746. The maximum Gasteiger partial charge on any atom is 0.323 e. The van der Waals surface area contributed by atoms with Crippen molar-refractivity contribution >= 4 is 5.97 Å². The molecule has 2 atom stereocenters. The van der Waals surface area contributed by atoms with Gasteiger partial charge in [-0.25, -0.2) is 0 Å². The molecule has 0 saturated carbocycles. The Hall–Kier alpha value is -1.39. The van der Waals surface area contributed by atoms with Gasteiger partial charge in [0.1, 0.15) is 12.1 Å². The van der Waals surface area contributed by atoms with Crippen LogP contribution in [0.25, 0.3) is 0 Å². The lowest BCUT2D eigenvalue weighted by atomic mass is 10.1. The van der Waals surface area contributed by atoms with E-state index in [2.05, 4.69) is 0 Å². The van der Waals surface area contributed by atoms with Gasteiger partial charge < -0.3 is 15.2 Å². The van der Waals surface area contributed by atoms with Gasteiger partial charge in [0, 0.05) is 7.11 Å². The maximum absolute atomic E-state index is 11.6. The Morgan fingerprint density at radius 3 is 2.61 bits per heavy atom. The molecule has 0 aliphatic heterocycles. The molecule has 4 nitrogen and oxygen atoms in total. The monoisotopic (exact) mass is 251 g/mol. The van der Waals surface area contributed by atoms with Crippen molar-refractivity contribution in [3.63, 3.8) is 0 Å². The normalized spacial score (nSPS) is 13.9. The van der Waals surface area contributed by atoms with Crippen LogP contribution < -0.4 is 5.73 Å². The lowest BCUT2D eigenvalue weighted by Crippen LogP contribution is -2.35. The number of hydrogen-bond donors (Lipinski definition) is 1. The van der Waals surface area contributed by atoms with Crippen LogP contribution in [-0.4, -0.2) is 31.8 Å². The van der Waals surface area contributed by atoms with E-state index < -0.39 is 6.04 Å². The molecule has 4 heteroatoms. The van der Waals surface area contributed by atoms with Crippen LogP contribution in [0.3, 0.4) is 0 Å². The minimum Gasteiger partial charge on any atom is -0.459 e. The Labute approximate surface area is 108 Å². The zero-order valence-corrected chi connectivity index (χ0v) is 11.0. The van der Waals surface area contributed by atoms with Crippen molar-refractivity contribution in [2.45, 2.75) is 31.9 Å². The van der Waals surface area contributed by atoms with Crippen LogP contribution in [0.2, 0.25) is 0 Å². The number of aryl methyl sites for hydroxylation is 1. The Morgan fingerprint density at radius 1 is 1.33 bits per heavy atom. The van der Waals surface area contributed by atoms with Crippen LogP contribution in [0.1, 0.15) is 18.9 Å². The average Bonchev–Trinajstić information content (AvgIpc) is 2.37.